The van der Waals surface area contributed by atoms with Gasteiger partial charge in [-0.05, 0) is 30.5 Å². The van der Waals surface area contributed by atoms with Crippen molar-refractivity contribution in [3.05, 3.63) is 28.8 Å². The van der Waals surface area contributed by atoms with E-state index in [1.54, 1.807) is 12.1 Å². The molecule has 1 unspecified atom stereocenters. The molecular formula is C14H20ClNO2. The third-order valence-electron chi connectivity index (χ3n) is 2.97. The number of carbonyl (C=O) groups excluding carboxylic acids is 1. The topological polar surface area (TPSA) is 38.3 Å². The number of esters is 1. The van der Waals surface area contributed by atoms with Gasteiger partial charge in [-0.25, -0.2) is 4.79 Å². The van der Waals surface area contributed by atoms with Gasteiger partial charge < -0.3 is 10.1 Å². The molecule has 0 aliphatic carbocycles. The molecule has 1 rings (SSSR count). The van der Waals surface area contributed by atoms with Gasteiger partial charge in [-0.15, -0.1) is 0 Å². The van der Waals surface area contributed by atoms with Crippen LogP contribution in [-0.2, 0) is 4.74 Å². The second-order valence-corrected chi connectivity index (χ2v) is 5.00. The third-order valence-corrected chi connectivity index (χ3v) is 3.30. The highest BCUT2D eigenvalue weighted by molar-refractivity contribution is 6.33. The Morgan fingerprint density at radius 1 is 1.44 bits per heavy atom. The van der Waals surface area contributed by atoms with E-state index in [1.165, 1.54) is 7.11 Å². The van der Waals surface area contributed by atoms with Gasteiger partial charge in [0, 0.05) is 11.7 Å². The average Bonchev–Trinajstić information content (AvgIpc) is 2.36. The highest BCUT2D eigenvalue weighted by Gasteiger charge is 2.14. The van der Waals surface area contributed by atoms with E-state index >= 15 is 0 Å². The number of ether oxygens (including phenoxy) is 1. The normalized spacial score (nSPS) is 12.3. The van der Waals surface area contributed by atoms with Crippen molar-refractivity contribution in [2.75, 3.05) is 12.4 Å². The summed E-state index contributed by atoms with van der Waals surface area (Å²) >= 11 is 5.97. The highest BCUT2D eigenvalue weighted by atomic mass is 35.5. The fourth-order valence-electron chi connectivity index (χ4n) is 1.84. The first kappa shape index (κ1) is 14.8. The Bertz CT molecular complexity index is 418. The Morgan fingerprint density at radius 3 is 2.61 bits per heavy atom. The summed E-state index contributed by atoms with van der Waals surface area (Å²) < 4.78 is 4.70. The summed E-state index contributed by atoms with van der Waals surface area (Å²) in [6.45, 7) is 6.46. The molecule has 0 bridgehead atoms. The predicted molar refractivity (Wildman–Crippen MR) is 75.3 cm³/mol. The summed E-state index contributed by atoms with van der Waals surface area (Å²) in [6, 6.07) is 5.69. The monoisotopic (exact) mass is 269 g/mol. The molecule has 0 saturated heterocycles. The van der Waals surface area contributed by atoms with Crippen molar-refractivity contribution in [1.29, 1.82) is 0 Å². The number of carbonyl (C=O) groups is 1. The number of anilines is 1. The number of halogens is 1. The van der Waals surface area contributed by atoms with E-state index in [2.05, 4.69) is 26.1 Å². The van der Waals surface area contributed by atoms with Crippen LogP contribution in [0.5, 0.6) is 0 Å². The first-order valence-corrected chi connectivity index (χ1v) is 6.51. The van der Waals surface area contributed by atoms with E-state index in [4.69, 9.17) is 16.3 Å². The van der Waals surface area contributed by atoms with Crippen molar-refractivity contribution in [3.8, 4) is 0 Å². The minimum absolute atomic E-state index is 0.372. The van der Waals surface area contributed by atoms with Crippen LogP contribution in [-0.4, -0.2) is 19.1 Å². The van der Waals surface area contributed by atoms with E-state index in [0.717, 1.165) is 12.1 Å². The Morgan fingerprint density at radius 2 is 2.11 bits per heavy atom. The van der Waals surface area contributed by atoms with Crippen molar-refractivity contribution in [2.45, 2.75) is 33.2 Å². The van der Waals surface area contributed by atoms with E-state index in [9.17, 15) is 4.79 Å². The standard InChI is InChI=1S/C14H20ClNO2/c1-5-13(9(2)3)16-10-6-7-12(15)11(8-10)14(17)18-4/h6-9,13,16H,5H2,1-4H3. The number of rotatable bonds is 5. The van der Waals surface area contributed by atoms with Crippen LogP contribution in [0.25, 0.3) is 0 Å². The summed E-state index contributed by atoms with van der Waals surface area (Å²) in [7, 11) is 1.35. The lowest BCUT2D eigenvalue weighted by Gasteiger charge is -2.22. The van der Waals surface area contributed by atoms with Gasteiger partial charge in [0.2, 0.25) is 0 Å². The SMILES string of the molecule is CCC(Nc1ccc(Cl)c(C(=O)OC)c1)C(C)C. The van der Waals surface area contributed by atoms with Gasteiger partial charge in [0.15, 0.2) is 0 Å². The Labute approximate surface area is 113 Å². The zero-order valence-electron chi connectivity index (χ0n) is 11.3. The number of methoxy groups -OCH3 is 1. The van der Waals surface area contributed by atoms with Crippen LogP contribution in [0.4, 0.5) is 5.69 Å². The Kier molecular flexibility index (Phi) is 5.48. The fraction of sp³-hybridized carbons (Fsp3) is 0.500. The van der Waals surface area contributed by atoms with Gasteiger partial charge in [0.25, 0.3) is 0 Å². The van der Waals surface area contributed by atoms with Crippen LogP contribution in [0, 0.1) is 5.92 Å². The van der Waals surface area contributed by atoms with Crippen molar-refractivity contribution >= 4 is 23.3 Å². The molecule has 0 heterocycles. The molecule has 0 amide bonds. The van der Waals surface area contributed by atoms with Crippen LogP contribution in [0.2, 0.25) is 5.02 Å². The molecule has 3 nitrogen and oxygen atoms in total. The second kappa shape index (κ2) is 6.64. The summed E-state index contributed by atoms with van der Waals surface area (Å²) in [4.78, 5) is 11.5. The smallest absolute Gasteiger partial charge is 0.339 e. The average molecular weight is 270 g/mol. The number of hydrogen-bond donors (Lipinski definition) is 1. The van der Waals surface area contributed by atoms with Crippen LogP contribution in [0.1, 0.15) is 37.6 Å². The largest absolute Gasteiger partial charge is 0.465 e. The van der Waals surface area contributed by atoms with Gasteiger partial charge in [0.1, 0.15) is 0 Å². The van der Waals surface area contributed by atoms with Crippen molar-refractivity contribution < 1.29 is 9.53 Å². The third kappa shape index (κ3) is 3.64. The minimum Gasteiger partial charge on any atom is -0.465 e. The molecule has 0 aliphatic rings. The van der Waals surface area contributed by atoms with E-state index in [-0.39, 0.29) is 0 Å². The van der Waals surface area contributed by atoms with Crippen molar-refractivity contribution in [2.24, 2.45) is 5.92 Å². The molecule has 18 heavy (non-hydrogen) atoms. The molecule has 4 heteroatoms. The quantitative estimate of drug-likeness (QED) is 0.822. The van der Waals surface area contributed by atoms with Crippen LogP contribution in [0.3, 0.4) is 0 Å². The molecule has 0 aliphatic heterocycles. The molecule has 1 aromatic carbocycles. The molecule has 1 aromatic rings. The van der Waals surface area contributed by atoms with Crippen LogP contribution < -0.4 is 5.32 Å². The molecule has 0 spiro atoms. The summed E-state index contributed by atoms with van der Waals surface area (Å²) in [5.41, 5.74) is 1.28. The molecule has 0 aromatic heterocycles. The first-order chi connectivity index (χ1) is 8.49. The van der Waals surface area contributed by atoms with Gasteiger partial charge in [-0.2, -0.15) is 0 Å². The highest BCUT2D eigenvalue weighted by Crippen LogP contribution is 2.23. The molecule has 1 atom stereocenters. The Hall–Kier alpha value is -1.22. The molecule has 0 saturated carbocycles. The summed E-state index contributed by atoms with van der Waals surface area (Å²) in [5.74, 6) is 0.105. The molecule has 1 N–H and O–H groups in total. The summed E-state index contributed by atoms with van der Waals surface area (Å²) in [6.07, 6.45) is 1.02. The Balaban J connectivity index is 2.94. The van der Waals surface area contributed by atoms with Crippen LogP contribution >= 0.6 is 11.6 Å². The zero-order valence-corrected chi connectivity index (χ0v) is 12.0. The van der Waals surface area contributed by atoms with E-state index in [0.29, 0.717) is 22.5 Å². The lowest BCUT2D eigenvalue weighted by atomic mass is 10.0. The zero-order chi connectivity index (χ0) is 13.7. The van der Waals surface area contributed by atoms with Gasteiger partial charge >= 0.3 is 5.97 Å². The fourth-order valence-corrected chi connectivity index (χ4v) is 2.03. The van der Waals surface area contributed by atoms with Crippen molar-refractivity contribution in [3.63, 3.8) is 0 Å². The van der Waals surface area contributed by atoms with Crippen LogP contribution in [0.15, 0.2) is 18.2 Å². The lowest BCUT2D eigenvalue weighted by molar-refractivity contribution is 0.0601. The number of hydrogen-bond acceptors (Lipinski definition) is 3. The minimum atomic E-state index is -0.416. The van der Waals surface area contributed by atoms with Gasteiger partial charge in [-0.3, -0.25) is 0 Å². The van der Waals surface area contributed by atoms with E-state index in [1.807, 2.05) is 6.07 Å². The maximum absolute atomic E-state index is 11.5. The maximum Gasteiger partial charge on any atom is 0.339 e. The molecular weight excluding hydrogens is 250 g/mol. The number of nitrogens with one attached hydrogen (secondary N) is 1. The first-order valence-electron chi connectivity index (χ1n) is 6.14. The lowest BCUT2D eigenvalue weighted by Crippen LogP contribution is -2.24. The van der Waals surface area contributed by atoms with Gasteiger partial charge in [0.05, 0.1) is 17.7 Å². The molecule has 100 valence electrons. The second-order valence-electron chi connectivity index (χ2n) is 4.59. The van der Waals surface area contributed by atoms with E-state index < -0.39 is 5.97 Å². The molecule has 0 fully saturated rings. The predicted octanol–water partition coefficient (Wildman–Crippen LogP) is 3.97. The maximum atomic E-state index is 11.5. The molecule has 0 radical (unpaired) electrons. The van der Waals surface area contributed by atoms with Crippen molar-refractivity contribution in [1.82, 2.24) is 0 Å². The number of benzene rings is 1. The van der Waals surface area contributed by atoms with Gasteiger partial charge in [-0.1, -0.05) is 32.4 Å². The summed E-state index contributed by atoms with van der Waals surface area (Å²) in [5, 5.41) is 3.82.